The van der Waals surface area contributed by atoms with Crippen molar-refractivity contribution in [3.8, 4) is 5.75 Å². The summed E-state index contributed by atoms with van der Waals surface area (Å²) in [5.74, 6) is 0.0790. The number of amides is 2. The molecule has 3 rings (SSSR count). The maximum Gasteiger partial charge on any atom is 0.420 e. The lowest BCUT2D eigenvalue weighted by molar-refractivity contribution is -0.139. The van der Waals surface area contributed by atoms with Crippen molar-refractivity contribution < 1.29 is 32.2 Å². The summed E-state index contributed by atoms with van der Waals surface area (Å²) in [6.07, 6.45) is -1.45. The second-order valence-electron chi connectivity index (χ2n) is 8.01. The van der Waals surface area contributed by atoms with Gasteiger partial charge in [0.15, 0.2) is 5.76 Å². The predicted molar refractivity (Wildman–Crippen MR) is 126 cm³/mol. The number of Topliss-reactive ketones (excluding diaryl/α,β-unsaturated/α-hetero) is 1. The number of ether oxygens (including phenoxy) is 2. The standard InChI is InChI=1S/C25H26F3N3O4/c1-5-34-22-12-16(6-9-20(22)32)18-8-11-23(29-15(18)4)31-24(33)30-17-7-10-21(35-14(2)3)19(13-17)25(26,27)28/h6-8,10-14H,5,9H2,1-4H3,(H2,29,30,31,33). The molecule has 0 spiro atoms. The summed E-state index contributed by atoms with van der Waals surface area (Å²) in [5.41, 5.74) is 1.09. The van der Waals surface area contributed by atoms with E-state index in [9.17, 15) is 22.8 Å². The number of nitrogens with one attached hydrogen (secondary N) is 2. The third-order valence-corrected chi connectivity index (χ3v) is 4.91. The molecule has 1 aliphatic carbocycles. The van der Waals surface area contributed by atoms with Crippen LogP contribution >= 0.6 is 0 Å². The maximum atomic E-state index is 13.4. The van der Waals surface area contributed by atoms with Gasteiger partial charge in [-0.25, -0.2) is 9.78 Å². The molecule has 2 amide bonds. The molecule has 1 aliphatic rings. The number of benzene rings is 1. The van der Waals surface area contributed by atoms with Crippen LogP contribution in [0.1, 0.15) is 44.0 Å². The molecule has 0 atom stereocenters. The Hall–Kier alpha value is -3.82. The summed E-state index contributed by atoms with van der Waals surface area (Å²) >= 11 is 0. The number of ketones is 1. The van der Waals surface area contributed by atoms with Gasteiger partial charge in [-0.3, -0.25) is 10.1 Å². The van der Waals surface area contributed by atoms with Crippen LogP contribution in [-0.4, -0.2) is 29.5 Å². The van der Waals surface area contributed by atoms with E-state index in [0.29, 0.717) is 12.3 Å². The van der Waals surface area contributed by atoms with Crippen LogP contribution in [0.3, 0.4) is 0 Å². The molecular weight excluding hydrogens is 463 g/mol. The molecule has 0 saturated heterocycles. The molecule has 186 valence electrons. The molecule has 0 radical (unpaired) electrons. The summed E-state index contributed by atoms with van der Waals surface area (Å²) in [6.45, 7) is 7.16. The number of aryl methyl sites for hydroxylation is 1. The monoisotopic (exact) mass is 489 g/mol. The Labute approximate surface area is 201 Å². The molecule has 35 heavy (non-hydrogen) atoms. The fourth-order valence-corrected chi connectivity index (χ4v) is 3.45. The number of alkyl halides is 3. The molecule has 0 aliphatic heterocycles. The minimum atomic E-state index is -4.65. The van der Waals surface area contributed by atoms with Crippen LogP contribution in [0.5, 0.6) is 5.75 Å². The number of anilines is 2. The minimum absolute atomic E-state index is 0.0510. The fourth-order valence-electron chi connectivity index (χ4n) is 3.45. The van der Waals surface area contributed by atoms with E-state index in [2.05, 4.69) is 15.6 Å². The number of halogens is 3. The van der Waals surface area contributed by atoms with Crippen molar-refractivity contribution in [3.05, 3.63) is 65.1 Å². The van der Waals surface area contributed by atoms with Crippen molar-refractivity contribution in [1.82, 2.24) is 4.98 Å². The van der Waals surface area contributed by atoms with E-state index in [0.717, 1.165) is 17.2 Å². The number of allylic oxidation sites excluding steroid dienone is 4. The van der Waals surface area contributed by atoms with E-state index in [1.807, 2.05) is 0 Å². The van der Waals surface area contributed by atoms with Gasteiger partial charge in [0.25, 0.3) is 0 Å². The number of carbonyl (C=O) groups excluding carboxylic acids is 2. The number of nitrogens with zero attached hydrogens (tertiary/aromatic N) is 1. The van der Waals surface area contributed by atoms with Gasteiger partial charge in [0, 0.05) is 23.4 Å². The summed E-state index contributed by atoms with van der Waals surface area (Å²) in [4.78, 5) is 28.7. The first-order chi connectivity index (χ1) is 16.5. The highest BCUT2D eigenvalue weighted by Gasteiger charge is 2.35. The van der Waals surface area contributed by atoms with Crippen LogP contribution in [-0.2, 0) is 15.7 Å². The van der Waals surface area contributed by atoms with E-state index in [-0.39, 0.29) is 35.2 Å². The molecule has 7 nitrogen and oxygen atoms in total. The van der Waals surface area contributed by atoms with Gasteiger partial charge in [-0.15, -0.1) is 0 Å². The molecule has 1 aromatic heterocycles. The van der Waals surface area contributed by atoms with Crippen molar-refractivity contribution in [1.29, 1.82) is 0 Å². The minimum Gasteiger partial charge on any atom is -0.490 e. The van der Waals surface area contributed by atoms with Crippen molar-refractivity contribution in [2.45, 2.75) is 46.4 Å². The smallest absolute Gasteiger partial charge is 0.420 e. The van der Waals surface area contributed by atoms with E-state index in [1.165, 1.54) is 12.1 Å². The van der Waals surface area contributed by atoms with Crippen molar-refractivity contribution in [2.24, 2.45) is 0 Å². The summed E-state index contributed by atoms with van der Waals surface area (Å²) < 4.78 is 50.9. The van der Waals surface area contributed by atoms with Gasteiger partial charge in [0.1, 0.15) is 11.6 Å². The van der Waals surface area contributed by atoms with Crippen molar-refractivity contribution in [3.63, 3.8) is 0 Å². The number of carbonyl (C=O) groups is 2. The largest absolute Gasteiger partial charge is 0.490 e. The quantitative estimate of drug-likeness (QED) is 0.489. The van der Waals surface area contributed by atoms with Gasteiger partial charge in [0.2, 0.25) is 5.78 Å². The topological polar surface area (TPSA) is 89.6 Å². The van der Waals surface area contributed by atoms with Crippen LogP contribution in [0.2, 0.25) is 0 Å². The first-order valence-electron chi connectivity index (χ1n) is 11.0. The van der Waals surface area contributed by atoms with E-state index in [4.69, 9.17) is 9.47 Å². The molecular formula is C25H26F3N3O4. The highest BCUT2D eigenvalue weighted by molar-refractivity contribution is 6.01. The van der Waals surface area contributed by atoms with Gasteiger partial charge in [-0.05, 0) is 69.7 Å². The molecule has 1 heterocycles. The van der Waals surface area contributed by atoms with Crippen molar-refractivity contribution in [2.75, 3.05) is 17.2 Å². The SMILES string of the molecule is CCOC1=CC(c2ccc(NC(=O)Nc3ccc(OC(C)C)c(C(F)(F)F)c3)nc2C)=CCC1=O. The zero-order chi connectivity index (χ0) is 25.8. The Morgan fingerprint density at radius 3 is 2.54 bits per heavy atom. The lowest BCUT2D eigenvalue weighted by Crippen LogP contribution is -2.21. The second kappa shape index (κ2) is 10.6. The van der Waals surface area contributed by atoms with Gasteiger partial charge in [-0.1, -0.05) is 6.08 Å². The third kappa shape index (κ3) is 6.62. The van der Waals surface area contributed by atoms with Gasteiger partial charge < -0.3 is 14.8 Å². The lowest BCUT2D eigenvalue weighted by Gasteiger charge is -2.18. The highest BCUT2D eigenvalue weighted by Crippen LogP contribution is 2.38. The van der Waals surface area contributed by atoms with Gasteiger partial charge in [0.05, 0.1) is 18.3 Å². The number of hydrogen-bond donors (Lipinski definition) is 2. The lowest BCUT2D eigenvalue weighted by atomic mass is 9.97. The zero-order valence-electron chi connectivity index (χ0n) is 19.7. The Morgan fingerprint density at radius 2 is 1.91 bits per heavy atom. The first kappa shape index (κ1) is 25.8. The van der Waals surface area contributed by atoms with Crippen LogP contribution in [0.4, 0.5) is 29.5 Å². The Morgan fingerprint density at radius 1 is 1.17 bits per heavy atom. The van der Waals surface area contributed by atoms with E-state index < -0.39 is 23.9 Å². The molecule has 2 N–H and O–H groups in total. The molecule has 10 heteroatoms. The highest BCUT2D eigenvalue weighted by atomic mass is 19.4. The van der Waals surface area contributed by atoms with Crippen LogP contribution in [0.15, 0.2) is 48.2 Å². The molecule has 0 unspecified atom stereocenters. The second-order valence-corrected chi connectivity index (χ2v) is 8.01. The molecule has 0 bridgehead atoms. The Bertz CT molecular complexity index is 1190. The molecule has 2 aromatic rings. The van der Waals surface area contributed by atoms with Gasteiger partial charge >= 0.3 is 12.2 Å². The van der Waals surface area contributed by atoms with Gasteiger partial charge in [-0.2, -0.15) is 13.2 Å². The summed E-state index contributed by atoms with van der Waals surface area (Å²) in [6, 6.07) is 5.86. The molecule has 0 fully saturated rings. The fraction of sp³-hybridized carbons (Fsp3) is 0.320. The van der Waals surface area contributed by atoms with Crippen molar-refractivity contribution >= 4 is 28.9 Å². The van der Waals surface area contributed by atoms with Crippen LogP contribution < -0.4 is 15.4 Å². The third-order valence-electron chi connectivity index (χ3n) is 4.91. The number of hydrogen-bond acceptors (Lipinski definition) is 5. The van der Waals surface area contributed by atoms with E-state index in [1.54, 1.807) is 52.0 Å². The number of urea groups is 1. The summed E-state index contributed by atoms with van der Waals surface area (Å²) in [7, 11) is 0. The summed E-state index contributed by atoms with van der Waals surface area (Å²) in [5, 5.41) is 4.90. The first-order valence-corrected chi connectivity index (χ1v) is 11.0. The Balaban J connectivity index is 1.73. The van der Waals surface area contributed by atoms with Crippen LogP contribution in [0, 0.1) is 6.92 Å². The normalized spacial score (nSPS) is 13.8. The van der Waals surface area contributed by atoms with E-state index >= 15 is 0 Å². The molecule has 0 saturated carbocycles. The Kier molecular flexibility index (Phi) is 7.83. The number of aromatic nitrogens is 1. The number of pyridine rings is 1. The predicted octanol–water partition coefficient (Wildman–Crippen LogP) is 6.12. The average Bonchev–Trinajstić information content (AvgIpc) is 2.75. The maximum absolute atomic E-state index is 13.4. The zero-order valence-corrected chi connectivity index (χ0v) is 19.7. The molecule has 1 aromatic carbocycles. The average molecular weight is 489 g/mol. The van der Waals surface area contributed by atoms with Crippen LogP contribution in [0.25, 0.3) is 5.57 Å². The number of rotatable bonds is 7.